The molecule has 8 nitrogen and oxygen atoms in total. The number of hydrogen-bond acceptors (Lipinski definition) is 4. The molecular weight excluding hydrogens is 458 g/mol. The van der Waals surface area contributed by atoms with Crippen LogP contribution in [-0.4, -0.2) is 43.7 Å². The van der Waals surface area contributed by atoms with Gasteiger partial charge in [-0.3, -0.25) is 9.69 Å². The molecule has 2 aliphatic rings. The van der Waals surface area contributed by atoms with Crippen LogP contribution in [0.1, 0.15) is 94.9 Å². The molecule has 1 saturated heterocycles. The normalized spacial score (nSPS) is 25.3. The molecule has 0 bridgehead atoms. The number of fused-ring (bicyclic) bond motifs is 1. The predicted molar refractivity (Wildman–Crippen MR) is 138 cm³/mol. The van der Waals surface area contributed by atoms with Crippen LogP contribution < -0.4 is 5.73 Å². The number of aromatic nitrogens is 1. The summed E-state index contributed by atoms with van der Waals surface area (Å²) in [7, 11) is 0. The van der Waals surface area contributed by atoms with E-state index in [2.05, 4.69) is 0 Å². The Balaban J connectivity index is 1.99. The van der Waals surface area contributed by atoms with Gasteiger partial charge in [-0.2, -0.15) is 0 Å². The zero-order chi connectivity index (χ0) is 26.4. The number of hydrogen-bond donors (Lipinski definition) is 2. The highest BCUT2D eigenvalue weighted by molar-refractivity contribution is 5.98. The molecule has 1 aromatic carbocycles. The van der Waals surface area contributed by atoms with Crippen molar-refractivity contribution in [1.82, 2.24) is 9.47 Å². The van der Waals surface area contributed by atoms with Crippen molar-refractivity contribution in [3.05, 3.63) is 35.5 Å². The van der Waals surface area contributed by atoms with Crippen molar-refractivity contribution in [2.75, 3.05) is 0 Å². The van der Waals surface area contributed by atoms with E-state index >= 15 is 0 Å². The van der Waals surface area contributed by atoms with Crippen molar-refractivity contribution < 1.29 is 24.2 Å². The summed E-state index contributed by atoms with van der Waals surface area (Å²) in [4.78, 5) is 41.4. The van der Waals surface area contributed by atoms with E-state index in [-0.39, 0.29) is 17.5 Å². The molecule has 2 fully saturated rings. The van der Waals surface area contributed by atoms with Crippen LogP contribution in [0.5, 0.6) is 0 Å². The molecule has 1 aromatic heterocycles. The minimum atomic E-state index is -1.27. The second-order valence-electron chi connectivity index (χ2n) is 11.4. The van der Waals surface area contributed by atoms with Gasteiger partial charge in [0.2, 0.25) is 5.91 Å². The summed E-state index contributed by atoms with van der Waals surface area (Å²) in [6.07, 6.45) is 4.65. The van der Waals surface area contributed by atoms with Crippen LogP contribution >= 0.6 is 0 Å². The number of likely N-dealkylation sites (tertiary alicyclic amines) is 1. The van der Waals surface area contributed by atoms with Gasteiger partial charge in [-0.05, 0) is 64.0 Å². The first kappa shape index (κ1) is 26.0. The lowest BCUT2D eigenvalue weighted by atomic mass is 9.69. The Kier molecular flexibility index (Phi) is 6.84. The largest absolute Gasteiger partial charge is 0.477 e. The van der Waals surface area contributed by atoms with Gasteiger partial charge < -0.3 is 20.1 Å². The van der Waals surface area contributed by atoms with Gasteiger partial charge in [0.25, 0.3) is 0 Å². The number of nitrogens with two attached hydrogens (primary N) is 1. The molecule has 0 spiro atoms. The lowest BCUT2D eigenvalue weighted by Crippen LogP contribution is -2.61. The zero-order valence-electron chi connectivity index (χ0n) is 22.0. The second-order valence-corrected chi connectivity index (χ2v) is 11.4. The number of benzene rings is 1. The van der Waals surface area contributed by atoms with Crippen LogP contribution in [0.15, 0.2) is 24.3 Å². The molecule has 196 valence electrons. The first-order chi connectivity index (χ1) is 16.9. The van der Waals surface area contributed by atoms with Gasteiger partial charge in [-0.1, -0.05) is 57.2 Å². The Labute approximate surface area is 212 Å². The number of amides is 2. The SMILES string of the molecule is CC[C@@]1(C(N)=O)[C@H](C2CCCCC2)CC(n2c(C(=O)O)c(C)c3ccccc32)N1C(=O)OC(C)(C)C. The number of carbonyl (C=O) groups is 3. The highest BCUT2D eigenvalue weighted by atomic mass is 16.6. The molecule has 2 heterocycles. The van der Waals surface area contributed by atoms with Gasteiger partial charge in [0, 0.05) is 5.39 Å². The van der Waals surface area contributed by atoms with Crippen molar-refractivity contribution in [2.45, 2.75) is 96.9 Å². The average Bonchev–Trinajstić information content (AvgIpc) is 3.32. The third kappa shape index (κ3) is 4.14. The maximum atomic E-state index is 13.9. The lowest BCUT2D eigenvalue weighted by molar-refractivity contribution is -0.134. The third-order valence-electron chi connectivity index (χ3n) is 8.25. The highest BCUT2D eigenvalue weighted by Crippen LogP contribution is 2.54. The monoisotopic (exact) mass is 497 g/mol. The van der Waals surface area contributed by atoms with E-state index < -0.39 is 35.3 Å². The molecule has 3 N–H and O–H groups in total. The summed E-state index contributed by atoms with van der Waals surface area (Å²) in [6.45, 7) is 9.02. The van der Waals surface area contributed by atoms with Crippen molar-refractivity contribution in [3.8, 4) is 0 Å². The minimum absolute atomic E-state index is 0.119. The molecule has 36 heavy (non-hydrogen) atoms. The highest BCUT2D eigenvalue weighted by Gasteiger charge is 2.62. The molecular formula is C28H39N3O5. The number of ether oxygens (including phenoxy) is 1. The van der Waals surface area contributed by atoms with Crippen LogP contribution in [0, 0.1) is 18.8 Å². The molecule has 2 aromatic rings. The molecule has 1 unspecified atom stereocenters. The Morgan fingerprint density at radius 2 is 1.78 bits per heavy atom. The lowest BCUT2D eigenvalue weighted by Gasteiger charge is -2.44. The standard InChI is InChI=1S/C28H39N3O5/c1-6-28(25(29)34)20(18-12-8-7-9-13-18)16-22(31(28)26(35)36-27(3,4)5)30-21-15-11-10-14-19(21)17(2)23(30)24(32)33/h10-11,14-15,18,20,22H,6-9,12-13,16H2,1-5H3,(H2,29,34)(H,32,33)/t20-,22?,28-/m0/s1. The van der Waals surface area contributed by atoms with Gasteiger partial charge in [-0.25, -0.2) is 9.59 Å². The summed E-state index contributed by atoms with van der Waals surface area (Å²) in [6, 6.07) is 7.49. The number of aryl methyl sites for hydroxylation is 1. The Hall–Kier alpha value is -3.03. The van der Waals surface area contributed by atoms with E-state index in [9.17, 15) is 19.5 Å². The van der Waals surface area contributed by atoms with Gasteiger partial charge in [0.15, 0.2) is 0 Å². The van der Waals surface area contributed by atoms with E-state index in [4.69, 9.17) is 10.5 Å². The molecule has 1 aliphatic carbocycles. The summed E-state index contributed by atoms with van der Waals surface area (Å²) in [5, 5.41) is 11.1. The fraction of sp³-hybridized carbons (Fsp3) is 0.607. The summed E-state index contributed by atoms with van der Waals surface area (Å²) >= 11 is 0. The van der Waals surface area contributed by atoms with Gasteiger partial charge in [-0.15, -0.1) is 0 Å². The zero-order valence-corrected chi connectivity index (χ0v) is 22.0. The van der Waals surface area contributed by atoms with Crippen LogP contribution in [0.25, 0.3) is 10.9 Å². The minimum Gasteiger partial charge on any atom is -0.477 e. The quantitative estimate of drug-likeness (QED) is 0.556. The van der Waals surface area contributed by atoms with Gasteiger partial charge in [0.1, 0.15) is 23.0 Å². The van der Waals surface area contributed by atoms with Crippen LogP contribution in [0.2, 0.25) is 0 Å². The number of carboxylic acids is 1. The van der Waals surface area contributed by atoms with Crippen LogP contribution in [0.4, 0.5) is 4.79 Å². The van der Waals surface area contributed by atoms with Crippen molar-refractivity contribution in [3.63, 3.8) is 0 Å². The fourth-order valence-corrected chi connectivity index (χ4v) is 6.82. The number of nitrogens with zero attached hydrogens (tertiary/aromatic N) is 2. The predicted octanol–water partition coefficient (Wildman–Crippen LogP) is 5.62. The fourth-order valence-electron chi connectivity index (χ4n) is 6.82. The number of rotatable bonds is 5. The van der Waals surface area contributed by atoms with E-state index in [0.29, 0.717) is 23.9 Å². The Morgan fingerprint density at radius 3 is 2.33 bits per heavy atom. The molecule has 2 amide bonds. The topological polar surface area (TPSA) is 115 Å². The van der Waals surface area contributed by atoms with E-state index in [1.165, 1.54) is 4.90 Å². The first-order valence-electron chi connectivity index (χ1n) is 13.1. The Morgan fingerprint density at radius 1 is 1.14 bits per heavy atom. The van der Waals surface area contributed by atoms with Gasteiger partial charge in [0.05, 0.1) is 5.52 Å². The van der Waals surface area contributed by atoms with E-state index in [0.717, 1.165) is 37.5 Å². The smallest absolute Gasteiger partial charge is 0.412 e. The summed E-state index contributed by atoms with van der Waals surface area (Å²) < 4.78 is 7.58. The molecule has 0 radical (unpaired) electrons. The Bertz CT molecular complexity index is 1170. The molecule has 4 rings (SSSR count). The number of primary amides is 1. The van der Waals surface area contributed by atoms with Crippen LogP contribution in [0.3, 0.4) is 0 Å². The van der Waals surface area contributed by atoms with E-state index in [1.807, 2.05) is 31.2 Å². The van der Waals surface area contributed by atoms with Crippen molar-refractivity contribution in [1.29, 1.82) is 0 Å². The maximum absolute atomic E-state index is 13.9. The average molecular weight is 498 g/mol. The summed E-state index contributed by atoms with van der Waals surface area (Å²) in [5.41, 5.74) is 5.56. The number of carboxylic acid groups (broad SMARTS) is 1. The van der Waals surface area contributed by atoms with Gasteiger partial charge >= 0.3 is 12.1 Å². The molecule has 8 heteroatoms. The molecule has 3 atom stereocenters. The molecule has 1 aliphatic heterocycles. The summed E-state index contributed by atoms with van der Waals surface area (Å²) in [5.74, 6) is -1.60. The third-order valence-corrected chi connectivity index (χ3v) is 8.25. The number of aromatic carboxylic acids is 1. The van der Waals surface area contributed by atoms with E-state index in [1.54, 1.807) is 32.3 Å². The maximum Gasteiger partial charge on any atom is 0.412 e. The number of para-hydroxylation sites is 1. The van der Waals surface area contributed by atoms with Crippen LogP contribution in [-0.2, 0) is 9.53 Å². The second kappa shape index (κ2) is 9.45. The van der Waals surface area contributed by atoms with Crippen molar-refractivity contribution >= 4 is 28.9 Å². The number of carbonyl (C=O) groups excluding carboxylic acids is 2. The van der Waals surface area contributed by atoms with Crippen molar-refractivity contribution in [2.24, 2.45) is 17.6 Å². The molecule has 1 saturated carbocycles. The first-order valence-corrected chi connectivity index (χ1v) is 13.1.